The maximum absolute atomic E-state index is 13.2. The van der Waals surface area contributed by atoms with Crippen LogP contribution < -0.4 is 15.0 Å². The summed E-state index contributed by atoms with van der Waals surface area (Å²) in [6.07, 6.45) is 2.72. The molecule has 1 atom stereocenters. The van der Waals surface area contributed by atoms with Gasteiger partial charge in [-0.2, -0.15) is 8.78 Å². The largest absolute Gasteiger partial charge is 0.435 e. The first-order chi connectivity index (χ1) is 13.1. The molecule has 0 fully saturated rings. The van der Waals surface area contributed by atoms with Crippen molar-refractivity contribution in [2.45, 2.75) is 12.8 Å². The number of alkyl halides is 2. The fourth-order valence-electron chi connectivity index (χ4n) is 3.09. The predicted molar refractivity (Wildman–Crippen MR) is 96.9 cm³/mol. The molecule has 1 aliphatic heterocycles. The van der Waals surface area contributed by atoms with Crippen LogP contribution in [0.2, 0.25) is 0 Å². The van der Waals surface area contributed by atoms with E-state index in [0.29, 0.717) is 16.9 Å². The number of aromatic nitrogens is 1. The minimum absolute atomic E-state index is 0.0618. The first-order valence-corrected chi connectivity index (χ1v) is 8.27. The molecule has 0 aliphatic carbocycles. The second-order valence-electron chi connectivity index (χ2n) is 5.92. The van der Waals surface area contributed by atoms with E-state index >= 15 is 0 Å². The van der Waals surface area contributed by atoms with Gasteiger partial charge in [0.15, 0.2) is 0 Å². The van der Waals surface area contributed by atoms with Gasteiger partial charge in [0.05, 0.1) is 5.56 Å². The molecule has 1 aliphatic rings. The molecule has 0 radical (unpaired) electrons. The number of benzene rings is 2. The van der Waals surface area contributed by atoms with Gasteiger partial charge in [0.25, 0.3) is 5.91 Å². The summed E-state index contributed by atoms with van der Waals surface area (Å²) >= 11 is 0. The highest BCUT2D eigenvalue weighted by Gasteiger charge is 2.33. The van der Waals surface area contributed by atoms with E-state index in [4.69, 9.17) is 0 Å². The molecule has 2 heterocycles. The van der Waals surface area contributed by atoms with Gasteiger partial charge in [0.1, 0.15) is 11.9 Å². The van der Waals surface area contributed by atoms with Crippen molar-refractivity contribution in [3.63, 3.8) is 0 Å². The lowest BCUT2D eigenvalue weighted by molar-refractivity contribution is -0.0498. The summed E-state index contributed by atoms with van der Waals surface area (Å²) in [5.74, 6) is -0.0970. The maximum Gasteiger partial charge on any atom is 0.387 e. The Morgan fingerprint density at radius 2 is 1.70 bits per heavy atom. The van der Waals surface area contributed by atoms with Gasteiger partial charge < -0.3 is 10.1 Å². The summed E-state index contributed by atoms with van der Waals surface area (Å²) in [6, 6.07) is 17.0. The van der Waals surface area contributed by atoms with Gasteiger partial charge in [0.2, 0.25) is 0 Å². The Balaban J connectivity index is 1.75. The van der Waals surface area contributed by atoms with Crippen molar-refractivity contribution >= 4 is 17.3 Å². The van der Waals surface area contributed by atoms with Gasteiger partial charge >= 0.3 is 6.61 Å². The van der Waals surface area contributed by atoms with Crippen molar-refractivity contribution in [2.75, 3.05) is 10.2 Å². The molecule has 27 heavy (non-hydrogen) atoms. The minimum Gasteiger partial charge on any atom is -0.435 e. The number of carbonyl (C=O) groups is 1. The molecule has 1 unspecified atom stereocenters. The molecule has 4 rings (SSSR count). The zero-order valence-corrected chi connectivity index (χ0v) is 14.0. The molecule has 2 aromatic carbocycles. The number of ether oxygens (including phenoxy) is 1. The summed E-state index contributed by atoms with van der Waals surface area (Å²) in [6.45, 7) is -2.88. The SMILES string of the molecule is O=C1c2ccccc2NC(c2ccc(OC(F)F)cc2)N1c1ccncc1. The van der Waals surface area contributed by atoms with Gasteiger partial charge in [-0.05, 0) is 42.0 Å². The van der Waals surface area contributed by atoms with E-state index in [9.17, 15) is 13.6 Å². The number of hydrogen-bond acceptors (Lipinski definition) is 4. The highest BCUT2D eigenvalue weighted by molar-refractivity contribution is 6.12. The summed E-state index contributed by atoms with van der Waals surface area (Å²) < 4.78 is 29.2. The van der Waals surface area contributed by atoms with Crippen LogP contribution in [0.15, 0.2) is 73.1 Å². The van der Waals surface area contributed by atoms with E-state index in [-0.39, 0.29) is 11.7 Å². The topological polar surface area (TPSA) is 54.5 Å². The second-order valence-corrected chi connectivity index (χ2v) is 5.92. The van der Waals surface area contributed by atoms with Crippen molar-refractivity contribution in [1.82, 2.24) is 4.98 Å². The third-order valence-electron chi connectivity index (χ3n) is 4.29. The summed E-state index contributed by atoms with van der Waals surface area (Å²) in [4.78, 5) is 18.8. The van der Waals surface area contributed by atoms with Crippen molar-refractivity contribution in [3.8, 4) is 5.75 Å². The van der Waals surface area contributed by atoms with Gasteiger partial charge in [-0.1, -0.05) is 24.3 Å². The van der Waals surface area contributed by atoms with Gasteiger partial charge in [0, 0.05) is 23.8 Å². The number of anilines is 2. The third kappa shape index (κ3) is 3.31. The maximum atomic E-state index is 13.2. The molecule has 3 aromatic rings. The Morgan fingerprint density at radius 3 is 2.41 bits per heavy atom. The van der Waals surface area contributed by atoms with E-state index in [1.54, 1.807) is 53.7 Å². The van der Waals surface area contributed by atoms with E-state index in [0.717, 1.165) is 5.56 Å². The quantitative estimate of drug-likeness (QED) is 0.740. The normalized spacial score (nSPS) is 16.0. The van der Waals surface area contributed by atoms with Crippen LogP contribution in [0.5, 0.6) is 5.75 Å². The molecular formula is C20H15F2N3O2. The average molecular weight is 367 g/mol. The number of hydrogen-bond donors (Lipinski definition) is 1. The molecule has 0 saturated heterocycles. The molecule has 5 nitrogen and oxygen atoms in total. The molecule has 1 amide bonds. The van der Waals surface area contributed by atoms with E-state index in [2.05, 4.69) is 15.0 Å². The number of nitrogens with zero attached hydrogens (tertiary/aromatic N) is 2. The number of pyridine rings is 1. The lowest BCUT2D eigenvalue weighted by Gasteiger charge is -2.38. The fraction of sp³-hybridized carbons (Fsp3) is 0.100. The van der Waals surface area contributed by atoms with Gasteiger partial charge in [-0.15, -0.1) is 0 Å². The molecule has 7 heteroatoms. The summed E-state index contributed by atoms with van der Waals surface area (Å²) in [5.41, 5.74) is 2.68. The monoisotopic (exact) mass is 367 g/mol. The minimum atomic E-state index is -2.88. The van der Waals surface area contributed by atoms with Crippen LogP contribution >= 0.6 is 0 Å². The first kappa shape index (κ1) is 17.0. The lowest BCUT2D eigenvalue weighted by Crippen LogP contribution is -2.43. The summed E-state index contributed by atoms with van der Waals surface area (Å²) in [7, 11) is 0. The van der Waals surface area contributed by atoms with Crippen LogP contribution in [-0.4, -0.2) is 17.5 Å². The number of halogens is 2. The highest BCUT2D eigenvalue weighted by Crippen LogP contribution is 2.36. The average Bonchev–Trinajstić information content (AvgIpc) is 2.69. The van der Waals surface area contributed by atoms with Crippen LogP contribution in [0.1, 0.15) is 22.1 Å². The van der Waals surface area contributed by atoms with Gasteiger partial charge in [-0.3, -0.25) is 14.7 Å². The Morgan fingerprint density at radius 1 is 1.00 bits per heavy atom. The Bertz CT molecular complexity index is 949. The highest BCUT2D eigenvalue weighted by atomic mass is 19.3. The van der Waals surface area contributed by atoms with Crippen molar-refractivity contribution < 1.29 is 18.3 Å². The smallest absolute Gasteiger partial charge is 0.387 e. The molecule has 1 N–H and O–H groups in total. The van der Waals surface area contributed by atoms with Crippen LogP contribution in [0, 0.1) is 0 Å². The van der Waals surface area contributed by atoms with E-state index in [1.165, 1.54) is 12.1 Å². The number of amides is 1. The zero-order chi connectivity index (χ0) is 18.8. The Hall–Kier alpha value is -3.48. The fourth-order valence-corrected chi connectivity index (χ4v) is 3.09. The molecule has 0 spiro atoms. The van der Waals surface area contributed by atoms with Gasteiger partial charge in [-0.25, -0.2) is 0 Å². The van der Waals surface area contributed by atoms with E-state index in [1.807, 2.05) is 12.1 Å². The predicted octanol–water partition coefficient (Wildman–Crippen LogP) is 4.45. The lowest BCUT2D eigenvalue weighted by atomic mass is 10.0. The standard InChI is InChI=1S/C20H15F2N3O2/c21-20(22)27-15-7-5-13(6-8-15)18-24-17-4-2-1-3-16(17)19(26)25(18)14-9-11-23-12-10-14/h1-12,18,20,24H. The molecule has 1 aromatic heterocycles. The third-order valence-corrected chi connectivity index (χ3v) is 4.29. The molecule has 136 valence electrons. The van der Waals surface area contributed by atoms with Crippen molar-refractivity contribution in [2.24, 2.45) is 0 Å². The Kier molecular flexibility index (Phi) is 4.42. The molecule has 0 saturated carbocycles. The van der Waals surface area contributed by atoms with Crippen LogP contribution in [0.4, 0.5) is 20.2 Å². The number of nitrogens with one attached hydrogen (secondary N) is 1. The second kappa shape index (κ2) is 7.03. The molecule has 0 bridgehead atoms. The summed E-state index contributed by atoms with van der Waals surface area (Å²) in [5, 5.41) is 3.35. The zero-order valence-electron chi connectivity index (χ0n) is 14.0. The number of rotatable bonds is 4. The number of para-hydroxylation sites is 1. The number of fused-ring (bicyclic) bond motifs is 1. The molecular weight excluding hydrogens is 352 g/mol. The van der Waals surface area contributed by atoms with Crippen molar-refractivity contribution in [1.29, 1.82) is 0 Å². The van der Waals surface area contributed by atoms with Crippen LogP contribution in [-0.2, 0) is 0 Å². The first-order valence-electron chi connectivity index (χ1n) is 8.27. The van der Waals surface area contributed by atoms with Crippen LogP contribution in [0.25, 0.3) is 0 Å². The van der Waals surface area contributed by atoms with Crippen molar-refractivity contribution in [3.05, 3.63) is 84.2 Å². The Labute approximate surface area is 154 Å². The van der Waals surface area contributed by atoms with Crippen LogP contribution in [0.3, 0.4) is 0 Å². The van der Waals surface area contributed by atoms with E-state index < -0.39 is 12.8 Å². The number of carbonyl (C=O) groups excluding carboxylic acids is 1.